The molecule has 1 aliphatic heterocycles. The van der Waals surface area contributed by atoms with E-state index in [1.54, 1.807) is 17.2 Å². The molecule has 0 saturated carbocycles. The van der Waals surface area contributed by atoms with Crippen LogP contribution >= 0.6 is 0 Å². The van der Waals surface area contributed by atoms with Gasteiger partial charge in [0.25, 0.3) is 5.91 Å². The fourth-order valence-corrected chi connectivity index (χ4v) is 2.89. The molecule has 0 bridgehead atoms. The van der Waals surface area contributed by atoms with E-state index in [9.17, 15) is 9.59 Å². The molecule has 1 aromatic heterocycles. The summed E-state index contributed by atoms with van der Waals surface area (Å²) >= 11 is 0. The molecule has 0 atom stereocenters. The number of amides is 2. The first-order valence-corrected chi connectivity index (χ1v) is 8.28. The lowest BCUT2D eigenvalue weighted by Crippen LogP contribution is -2.36. The average molecular weight is 342 g/mol. The van der Waals surface area contributed by atoms with Crippen LogP contribution < -0.4 is 10.2 Å². The Kier molecular flexibility index (Phi) is 4.48. The second-order valence-electron chi connectivity index (χ2n) is 6.96. The predicted octanol–water partition coefficient (Wildman–Crippen LogP) is 3.35. The molecule has 2 aromatic rings. The number of anilines is 2. The van der Waals surface area contributed by atoms with Gasteiger partial charge in [-0.15, -0.1) is 0 Å². The molecule has 2 amide bonds. The quantitative estimate of drug-likeness (QED) is 0.876. The fraction of sp³-hybridized carbons (Fsp3) is 0.389. The lowest BCUT2D eigenvalue weighted by molar-refractivity contribution is 0.0635. The number of carbonyl (C=O) groups excluding carboxylic acids is 2. The zero-order valence-corrected chi connectivity index (χ0v) is 14.6. The summed E-state index contributed by atoms with van der Waals surface area (Å²) in [6, 6.07) is 7.19. The Balaban J connectivity index is 1.86. The second-order valence-corrected chi connectivity index (χ2v) is 6.96. The molecule has 2 N–H and O–H groups in total. The minimum atomic E-state index is -0.568. The molecule has 0 fully saturated rings. The number of aromatic amines is 1. The Morgan fingerprint density at radius 2 is 2.08 bits per heavy atom. The number of fused-ring (bicyclic) bond motifs is 1. The number of aromatic nitrogens is 2. The van der Waals surface area contributed by atoms with E-state index in [4.69, 9.17) is 4.74 Å². The summed E-state index contributed by atoms with van der Waals surface area (Å²) < 4.78 is 5.32. The summed E-state index contributed by atoms with van der Waals surface area (Å²) in [5, 5.41) is 9.35. The van der Waals surface area contributed by atoms with Gasteiger partial charge in [-0.3, -0.25) is 15.2 Å². The van der Waals surface area contributed by atoms with E-state index >= 15 is 0 Å². The standard InChI is InChI=1S/C18H22N4O3/c1-18(2,3)25-17(24)20-13-7-4-8-15-12(13)6-5-11-22(15)16(23)14-9-10-19-21-14/h4,7-10H,5-6,11H2,1-3H3,(H,19,21)(H,20,24). The molecule has 0 saturated heterocycles. The van der Waals surface area contributed by atoms with Gasteiger partial charge in [-0.25, -0.2) is 4.79 Å². The maximum Gasteiger partial charge on any atom is 0.412 e. The second kappa shape index (κ2) is 6.58. The molecule has 0 radical (unpaired) electrons. The molecule has 7 heteroatoms. The van der Waals surface area contributed by atoms with Crippen molar-refractivity contribution in [2.75, 3.05) is 16.8 Å². The number of nitrogens with one attached hydrogen (secondary N) is 2. The summed E-state index contributed by atoms with van der Waals surface area (Å²) in [4.78, 5) is 26.5. The molecule has 3 rings (SSSR count). The average Bonchev–Trinajstić information content (AvgIpc) is 3.06. The number of carbonyl (C=O) groups is 2. The van der Waals surface area contributed by atoms with Gasteiger partial charge < -0.3 is 9.64 Å². The third-order valence-electron chi connectivity index (χ3n) is 3.86. The highest BCUT2D eigenvalue weighted by Crippen LogP contribution is 2.33. The maximum absolute atomic E-state index is 12.7. The maximum atomic E-state index is 12.7. The first kappa shape index (κ1) is 17.0. The largest absolute Gasteiger partial charge is 0.444 e. The van der Waals surface area contributed by atoms with Gasteiger partial charge in [0, 0.05) is 24.1 Å². The molecule has 25 heavy (non-hydrogen) atoms. The van der Waals surface area contributed by atoms with Gasteiger partial charge >= 0.3 is 6.09 Å². The molecule has 0 unspecified atom stereocenters. The number of benzene rings is 1. The Morgan fingerprint density at radius 3 is 2.76 bits per heavy atom. The Morgan fingerprint density at radius 1 is 1.28 bits per heavy atom. The van der Waals surface area contributed by atoms with E-state index in [1.165, 1.54) is 0 Å². The molecule has 1 aromatic carbocycles. The zero-order chi connectivity index (χ0) is 18.0. The van der Waals surface area contributed by atoms with Gasteiger partial charge in [-0.2, -0.15) is 5.10 Å². The predicted molar refractivity (Wildman–Crippen MR) is 94.9 cm³/mol. The molecular weight excluding hydrogens is 320 g/mol. The van der Waals surface area contributed by atoms with Crippen molar-refractivity contribution in [2.45, 2.75) is 39.2 Å². The SMILES string of the molecule is CC(C)(C)OC(=O)Nc1cccc2c1CCCN2C(=O)c1ccn[nH]1. The third kappa shape index (κ3) is 3.81. The van der Waals surface area contributed by atoms with Gasteiger partial charge in [0.05, 0.1) is 0 Å². The Hall–Kier alpha value is -2.83. The van der Waals surface area contributed by atoms with Gasteiger partial charge in [-0.05, 0) is 57.4 Å². The van der Waals surface area contributed by atoms with Crippen LogP contribution in [-0.4, -0.2) is 34.3 Å². The zero-order valence-electron chi connectivity index (χ0n) is 14.6. The number of hydrogen-bond donors (Lipinski definition) is 2. The molecule has 2 heterocycles. The van der Waals surface area contributed by atoms with Crippen molar-refractivity contribution in [3.8, 4) is 0 Å². The number of rotatable bonds is 2. The number of ether oxygens (including phenoxy) is 1. The molecule has 0 aliphatic carbocycles. The number of H-pyrrole nitrogens is 1. The highest BCUT2D eigenvalue weighted by Gasteiger charge is 2.26. The van der Waals surface area contributed by atoms with E-state index in [1.807, 2.05) is 39.0 Å². The van der Waals surface area contributed by atoms with Gasteiger partial charge in [0.15, 0.2) is 0 Å². The van der Waals surface area contributed by atoms with Crippen LogP contribution in [0.25, 0.3) is 0 Å². The van der Waals surface area contributed by atoms with Crippen LogP contribution in [-0.2, 0) is 11.2 Å². The van der Waals surface area contributed by atoms with Crippen molar-refractivity contribution in [3.05, 3.63) is 41.7 Å². The normalized spacial score (nSPS) is 14.0. The first-order valence-electron chi connectivity index (χ1n) is 8.28. The van der Waals surface area contributed by atoms with Crippen molar-refractivity contribution in [1.29, 1.82) is 0 Å². The molecular formula is C18H22N4O3. The van der Waals surface area contributed by atoms with Gasteiger partial charge in [0.1, 0.15) is 11.3 Å². The van der Waals surface area contributed by atoms with Gasteiger partial charge in [-0.1, -0.05) is 6.07 Å². The molecule has 7 nitrogen and oxygen atoms in total. The van der Waals surface area contributed by atoms with Crippen LogP contribution in [0.3, 0.4) is 0 Å². The minimum absolute atomic E-state index is 0.132. The monoisotopic (exact) mass is 342 g/mol. The lowest BCUT2D eigenvalue weighted by Gasteiger charge is -2.30. The highest BCUT2D eigenvalue weighted by molar-refractivity contribution is 6.06. The molecule has 1 aliphatic rings. The topological polar surface area (TPSA) is 87.3 Å². The van der Waals surface area contributed by atoms with E-state index in [-0.39, 0.29) is 5.91 Å². The molecule has 0 spiro atoms. The summed E-state index contributed by atoms with van der Waals surface area (Å²) in [6.07, 6.45) is 2.66. The first-order chi connectivity index (χ1) is 11.8. The summed E-state index contributed by atoms with van der Waals surface area (Å²) in [6.45, 7) is 6.08. The lowest BCUT2D eigenvalue weighted by atomic mass is 9.99. The fourth-order valence-electron chi connectivity index (χ4n) is 2.89. The molecule has 132 valence electrons. The third-order valence-corrected chi connectivity index (χ3v) is 3.86. The van der Waals surface area contributed by atoms with Crippen LogP contribution in [0.5, 0.6) is 0 Å². The smallest absolute Gasteiger partial charge is 0.412 e. The van der Waals surface area contributed by atoms with E-state index in [0.717, 1.165) is 24.1 Å². The van der Waals surface area contributed by atoms with Crippen molar-refractivity contribution in [1.82, 2.24) is 10.2 Å². The Labute approximate surface area is 146 Å². The van der Waals surface area contributed by atoms with Crippen LogP contribution in [0.2, 0.25) is 0 Å². The van der Waals surface area contributed by atoms with Crippen molar-refractivity contribution in [3.63, 3.8) is 0 Å². The van der Waals surface area contributed by atoms with E-state index in [0.29, 0.717) is 17.9 Å². The van der Waals surface area contributed by atoms with Gasteiger partial charge in [0.2, 0.25) is 0 Å². The van der Waals surface area contributed by atoms with Crippen molar-refractivity contribution in [2.24, 2.45) is 0 Å². The van der Waals surface area contributed by atoms with Crippen LogP contribution in [0, 0.1) is 0 Å². The van der Waals surface area contributed by atoms with Crippen LogP contribution in [0.15, 0.2) is 30.5 Å². The number of nitrogens with zero attached hydrogens (tertiary/aromatic N) is 2. The summed E-state index contributed by atoms with van der Waals surface area (Å²) in [5.41, 5.74) is 2.29. The minimum Gasteiger partial charge on any atom is -0.444 e. The Bertz CT molecular complexity index is 778. The summed E-state index contributed by atoms with van der Waals surface area (Å²) in [7, 11) is 0. The van der Waals surface area contributed by atoms with Crippen molar-refractivity contribution >= 4 is 23.4 Å². The highest BCUT2D eigenvalue weighted by atomic mass is 16.6. The summed E-state index contributed by atoms with van der Waals surface area (Å²) in [5.74, 6) is -0.132. The number of hydrogen-bond acceptors (Lipinski definition) is 4. The van der Waals surface area contributed by atoms with E-state index < -0.39 is 11.7 Å². The van der Waals surface area contributed by atoms with Crippen LogP contribution in [0.4, 0.5) is 16.2 Å². The van der Waals surface area contributed by atoms with E-state index in [2.05, 4.69) is 15.5 Å². The van der Waals surface area contributed by atoms with Crippen LogP contribution in [0.1, 0.15) is 43.2 Å². The van der Waals surface area contributed by atoms with Crippen molar-refractivity contribution < 1.29 is 14.3 Å².